The largest absolute Gasteiger partial charge is 0.370 e. The van der Waals surface area contributed by atoms with Crippen LogP contribution in [0, 0.1) is 0 Å². The van der Waals surface area contributed by atoms with Gasteiger partial charge in [0.15, 0.2) is 5.96 Å². The Kier molecular flexibility index (Phi) is 3.53. The molecule has 0 saturated carbocycles. The first-order valence-electron chi connectivity index (χ1n) is 8.00. The molecule has 0 aliphatic carbocycles. The molecule has 0 radical (unpaired) electrons. The quantitative estimate of drug-likeness (QED) is 0.830. The number of carbonyl (C=O) groups excluding carboxylic acids is 1. The van der Waals surface area contributed by atoms with E-state index in [2.05, 4.69) is 25.5 Å². The Balaban J connectivity index is 1.40. The highest BCUT2D eigenvalue weighted by Crippen LogP contribution is 2.29. The number of nitrogens with zero attached hydrogens (tertiary/aromatic N) is 5. The average Bonchev–Trinajstić information content (AvgIpc) is 3.16. The first kappa shape index (κ1) is 14.8. The highest BCUT2D eigenvalue weighted by molar-refractivity contribution is 6.06. The average molecular weight is 325 g/mol. The van der Waals surface area contributed by atoms with Gasteiger partial charge < -0.3 is 5.73 Å². The number of nitrogens with one attached hydrogen (secondary N) is 1. The molecule has 1 amide bonds. The van der Waals surface area contributed by atoms with Gasteiger partial charge in [0.1, 0.15) is 5.54 Å². The van der Waals surface area contributed by atoms with E-state index in [-0.39, 0.29) is 11.9 Å². The van der Waals surface area contributed by atoms with Gasteiger partial charge in [-0.3, -0.25) is 15.0 Å². The maximum atomic E-state index is 12.0. The zero-order valence-corrected chi connectivity index (χ0v) is 13.2. The van der Waals surface area contributed by atoms with Gasteiger partial charge >= 0.3 is 0 Å². The van der Waals surface area contributed by atoms with Crippen molar-refractivity contribution in [2.75, 3.05) is 13.1 Å². The second-order valence-corrected chi connectivity index (χ2v) is 6.25. The minimum Gasteiger partial charge on any atom is -0.370 e. The molecule has 1 saturated heterocycles. The molecule has 4 rings (SSSR count). The van der Waals surface area contributed by atoms with Crippen LogP contribution >= 0.6 is 0 Å². The van der Waals surface area contributed by atoms with E-state index >= 15 is 0 Å². The zero-order valence-electron chi connectivity index (χ0n) is 13.2. The van der Waals surface area contributed by atoms with Crippen molar-refractivity contribution in [3.8, 4) is 5.69 Å². The van der Waals surface area contributed by atoms with Crippen LogP contribution in [0.5, 0.6) is 0 Å². The SMILES string of the molecule is NC1=NC2(CCN(Cc3cn(-c4ccccc4)nn3)CC2)C(=O)N1. The number of benzene rings is 1. The summed E-state index contributed by atoms with van der Waals surface area (Å²) in [6.07, 6.45) is 3.29. The Morgan fingerprint density at radius 2 is 1.96 bits per heavy atom. The Morgan fingerprint density at radius 3 is 2.62 bits per heavy atom. The Hall–Kier alpha value is -2.74. The molecule has 1 aromatic heterocycles. The Morgan fingerprint density at radius 1 is 1.21 bits per heavy atom. The molecule has 0 atom stereocenters. The third-order valence-corrected chi connectivity index (χ3v) is 4.63. The van der Waals surface area contributed by atoms with Crippen LogP contribution in [0.15, 0.2) is 41.5 Å². The summed E-state index contributed by atoms with van der Waals surface area (Å²) >= 11 is 0. The van der Waals surface area contributed by atoms with Crippen LogP contribution < -0.4 is 11.1 Å². The number of carbonyl (C=O) groups is 1. The molecule has 24 heavy (non-hydrogen) atoms. The van der Waals surface area contributed by atoms with Gasteiger partial charge in [-0.2, -0.15) is 0 Å². The van der Waals surface area contributed by atoms with Gasteiger partial charge in [-0.05, 0) is 25.0 Å². The van der Waals surface area contributed by atoms with E-state index in [4.69, 9.17) is 5.73 Å². The molecule has 3 N–H and O–H groups in total. The number of rotatable bonds is 3. The number of aliphatic imine (C=N–C) groups is 1. The molecule has 1 spiro atoms. The number of piperidine rings is 1. The van der Waals surface area contributed by atoms with Crippen LogP contribution in [0.3, 0.4) is 0 Å². The summed E-state index contributed by atoms with van der Waals surface area (Å²) in [4.78, 5) is 18.6. The van der Waals surface area contributed by atoms with E-state index in [1.165, 1.54) is 0 Å². The number of likely N-dealkylation sites (tertiary alicyclic amines) is 1. The number of nitrogens with two attached hydrogens (primary N) is 1. The summed E-state index contributed by atoms with van der Waals surface area (Å²) in [6.45, 7) is 2.27. The number of aromatic nitrogens is 3. The summed E-state index contributed by atoms with van der Waals surface area (Å²) < 4.78 is 1.77. The molecular formula is C16H19N7O. The van der Waals surface area contributed by atoms with Gasteiger partial charge in [-0.1, -0.05) is 23.4 Å². The van der Waals surface area contributed by atoms with Gasteiger partial charge in [-0.25, -0.2) is 9.67 Å². The first-order valence-corrected chi connectivity index (χ1v) is 8.00. The molecule has 2 aromatic rings. The highest BCUT2D eigenvalue weighted by Gasteiger charge is 2.45. The van der Waals surface area contributed by atoms with Crippen LogP contribution in [0.1, 0.15) is 18.5 Å². The van der Waals surface area contributed by atoms with Crippen molar-refractivity contribution in [2.24, 2.45) is 10.7 Å². The molecule has 8 heteroatoms. The number of para-hydroxylation sites is 1. The van der Waals surface area contributed by atoms with Crippen molar-refractivity contribution in [3.63, 3.8) is 0 Å². The maximum absolute atomic E-state index is 12.0. The van der Waals surface area contributed by atoms with Gasteiger partial charge in [0.25, 0.3) is 5.91 Å². The fraction of sp³-hybridized carbons (Fsp3) is 0.375. The first-order chi connectivity index (χ1) is 11.6. The van der Waals surface area contributed by atoms with E-state index < -0.39 is 5.54 Å². The number of hydrogen-bond acceptors (Lipinski definition) is 6. The molecule has 0 bridgehead atoms. The number of hydrogen-bond donors (Lipinski definition) is 2. The minimum atomic E-state index is -0.664. The molecule has 2 aliphatic rings. The molecule has 3 heterocycles. The van der Waals surface area contributed by atoms with Crippen LogP contribution in [0.2, 0.25) is 0 Å². The lowest BCUT2D eigenvalue weighted by atomic mass is 9.88. The minimum absolute atomic E-state index is 0.0744. The molecule has 1 aromatic carbocycles. The van der Waals surface area contributed by atoms with Crippen molar-refractivity contribution in [1.82, 2.24) is 25.2 Å². The Labute approximate surface area is 139 Å². The number of guanidine groups is 1. The van der Waals surface area contributed by atoms with Crippen LogP contribution in [-0.4, -0.2) is 50.4 Å². The van der Waals surface area contributed by atoms with Gasteiger partial charge in [0, 0.05) is 19.6 Å². The molecule has 8 nitrogen and oxygen atoms in total. The molecule has 2 aliphatic heterocycles. The molecular weight excluding hydrogens is 306 g/mol. The van der Waals surface area contributed by atoms with Crippen molar-refractivity contribution in [3.05, 3.63) is 42.2 Å². The second kappa shape index (κ2) is 5.72. The lowest BCUT2D eigenvalue weighted by Gasteiger charge is -2.34. The molecule has 124 valence electrons. The monoisotopic (exact) mass is 325 g/mol. The summed E-state index contributed by atoms with van der Waals surface area (Å²) in [7, 11) is 0. The standard InChI is InChI=1S/C16H19N7O/c17-15-18-14(24)16(19-15)6-8-22(9-7-16)10-12-11-23(21-20-12)13-4-2-1-3-5-13/h1-5,11H,6-10H2,(H3,17,18,19,24). The van der Waals surface area contributed by atoms with Crippen molar-refractivity contribution < 1.29 is 4.79 Å². The van der Waals surface area contributed by atoms with Crippen molar-refractivity contribution >= 4 is 11.9 Å². The normalized spacial score (nSPS) is 20.2. The third-order valence-electron chi connectivity index (χ3n) is 4.63. The maximum Gasteiger partial charge on any atom is 0.254 e. The summed E-state index contributed by atoms with van der Waals surface area (Å²) in [6, 6.07) is 9.90. The third kappa shape index (κ3) is 2.65. The predicted octanol–water partition coefficient (Wildman–Crippen LogP) is 0.0464. The topological polar surface area (TPSA) is 101 Å². The van der Waals surface area contributed by atoms with E-state index in [1.807, 2.05) is 36.5 Å². The summed E-state index contributed by atoms with van der Waals surface area (Å²) in [5.74, 6) is 0.161. The van der Waals surface area contributed by atoms with Crippen LogP contribution in [-0.2, 0) is 11.3 Å². The van der Waals surface area contributed by atoms with Gasteiger partial charge in [-0.15, -0.1) is 5.10 Å². The Bertz CT molecular complexity index is 775. The summed E-state index contributed by atoms with van der Waals surface area (Å²) in [5, 5.41) is 11.0. The van der Waals surface area contributed by atoms with E-state index in [0.717, 1.165) is 24.5 Å². The lowest BCUT2D eigenvalue weighted by Crippen LogP contribution is -2.49. The van der Waals surface area contributed by atoms with Crippen LogP contribution in [0.4, 0.5) is 0 Å². The number of amides is 1. The van der Waals surface area contributed by atoms with Gasteiger partial charge in [0.05, 0.1) is 17.6 Å². The second-order valence-electron chi connectivity index (χ2n) is 6.25. The smallest absolute Gasteiger partial charge is 0.254 e. The fourth-order valence-corrected chi connectivity index (χ4v) is 3.27. The lowest BCUT2D eigenvalue weighted by molar-refractivity contribution is -0.125. The highest BCUT2D eigenvalue weighted by atomic mass is 16.2. The van der Waals surface area contributed by atoms with E-state index in [1.54, 1.807) is 4.68 Å². The molecule has 0 unspecified atom stereocenters. The van der Waals surface area contributed by atoms with Crippen molar-refractivity contribution in [2.45, 2.75) is 24.9 Å². The molecule has 1 fully saturated rings. The predicted molar refractivity (Wildman–Crippen MR) is 88.4 cm³/mol. The van der Waals surface area contributed by atoms with Gasteiger partial charge in [0.2, 0.25) is 0 Å². The zero-order chi connectivity index (χ0) is 16.6. The summed E-state index contributed by atoms with van der Waals surface area (Å²) in [5.41, 5.74) is 6.86. The van der Waals surface area contributed by atoms with E-state index in [0.29, 0.717) is 19.4 Å². The van der Waals surface area contributed by atoms with Crippen LogP contribution in [0.25, 0.3) is 5.69 Å². The van der Waals surface area contributed by atoms with Crippen molar-refractivity contribution in [1.29, 1.82) is 0 Å². The fourth-order valence-electron chi connectivity index (χ4n) is 3.27. The van der Waals surface area contributed by atoms with E-state index in [9.17, 15) is 4.79 Å².